The summed E-state index contributed by atoms with van der Waals surface area (Å²) in [5.41, 5.74) is 2.32. The molecule has 0 aliphatic heterocycles. The van der Waals surface area contributed by atoms with Crippen molar-refractivity contribution in [2.45, 2.75) is 19.8 Å². The predicted octanol–water partition coefficient (Wildman–Crippen LogP) is 2.80. The topological polar surface area (TPSA) is 96.7 Å². The van der Waals surface area contributed by atoms with E-state index in [0.29, 0.717) is 36.1 Å². The van der Waals surface area contributed by atoms with Crippen LogP contribution in [0.2, 0.25) is 0 Å². The minimum Gasteiger partial charge on any atom is -0.505 e. The van der Waals surface area contributed by atoms with Crippen LogP contribution >= 0.6 is 0 Å². The summed E-state index contributed by atoms with van der Waals surface area (Å²) in [7, 11) is 1.60. The van der Waals surface area contributed by atoms with Crippen LogP contribution in [0.3, 0.4) is 0 Å². The van der Waals surface area contributed by atoms with Crippen LogP contribution in [-0.2, 0) is 17.6 Å². The van der Waals surface area contributed by atoms with Gasteiger partial charge in [-0.1, -0.05) is 12.1 Å². The molecule has 0 aliphatic rings. The second kappa shape index (κ2) is 8.10. The number of rotatable bonds is 7. The molecular formula is C19H19NO5. The summed E-state index contributed by atoms with van der Waals surface area (Å²) in [6, 6.07) is 7.57. The van der Waals surface area contributed by atoms with E-state index in [9.17, 15) is 14.7 Å². The van der Waals surface area contributed by atoms with Crippen molar-refractivity contribution in [2.75, 3.05) is 7.11 Å². The van der Waals surface area contributed by atoms with Gasteiger partial charge in [-0.15, -0.1) is 0 Å². The zero-order valence-corrected chi connectivity index (χ0v) is 14.0. The van der Waals surface area contributed by atoms with Gasteiger partial charge in [-0.05, 0) is 43.5 Å². The molecular weight excluding hydrogens is 322 g/mol. The molecule has 0 amide bonds. The van der Waals surface area contributed by atoms with Crippen molar-refractivity contribution in [3.63, 3.8) is 0 Å². The fourth-order valence-electron chi connectivity index (χ4n) is 2.50. The summed E-state index contributed by atoms with van der Waals surface area (Å²) < 4.78 is 5.12. The molecule has 0 spiro atoms. The first kappa shape index (κ1) is 18.2. The first-order valence-electron chi connectivity index (χ1n) is 7.67. The van der Waals surface area contributed by atoms with Gasteiger partial charge in [-0.2, -0.15) is 0 Å². The molecule has 6 heteroatoms. The van der Waals surface area contributed by atoms with Crippen LogP contribution in [-0.4, -0.2) is 34.6 Å². The van der Waals surface area contributed by atoms with Crippen molar-refractivity contribution < 1.29 is 24.5 Å². The third-order valence-corrected chi connectivity index (χ3v) is 3.82. The van der Waals surface area contributed by atoms with Gasteiger partial charge in [0.15, 0.2) is 6.29 Å². The largest absolute Gasteiger partial charge is 0.505 e. The molecule has 0 unspecified atom stereocenters. The zero-order chi connectivity index (χ0) is 18.4. The number of nitrogens with zero attached hydrogens (tertiary/aromatic N) is 1. The maximum atomic E-state index is 11.4. The fourth-order valence-corrected chi connectivity index (χ4v) is 2.50. The summed E-state index contributed by atoms with van der Waals surface area (Å²) in [4.78, 5) is 26.5. The van der Waals surface area contributed by atoms with Crippen molar-refractivity contribution in [2.24, 2.45) is 0 Å². The molecule has 2 rings (SSSR count). The Balaban J connectivity index is 2.35. The van der Waals surface area contributed by atoms with Crippen LogP contribution in [0.1, 0.15) is 32.9 Å². The number of carboxylic acid groups (broad SMARTS) is 1. The van der Waals surface area contributed by atoms with E-state index in [-0.39, 0.29) is 11.3 Å². The molecule has 0 bridgehead atoms. The quantitative estimate of drug-likeness (QED) is 0.594. The predicted molar refractivity (Wildman–Crippen MR) is 93.1 cm³/mol. The minimum absolute atomic E-state index is 0.0507. The van der Waals surface area contributed by atoms with Crippen LogP contribution in [0.5, 0.6) is 11.5 Å². The van der Waals surface area contributed by atoms with E-state index in [4.69, 9.17) is 9.84 Å². The number of aldehydes is 1. The number of pyridine rings is 1. The number of hydrogen-bond acceptors (Lipinski definition) is 5. The Kier molecular flexibility index (Phi) is 5.89. The number of aromatic nitrogens is 1. The second-order valence-corrected chi connectivity index (χ2v) is 5.46. The van der Waals surface area contributed by atoms with E-state index in [2.05, 4.69) is 4.98 Å². The van der Waals surface area contributed by atoms with Crippen LogP contribution in [0.25, 0.3) is 6.08 Å². The lowest BCUT2D eigenvalue weighted by Crippen LogP contribution is -2.04. The number of methoxy groups -OCH3 is 1. The number of aliphatic carboxylic acids is 1. The highest BCUT2D eigenvalue weighted by Gasteiger charge is 2.15. The van der Waals surface area contributed by atoms with Gasteiger partial charge in [-0.25, -0.2) is 4.79 Å². The number of hydrogen-bond donors (Lipinski definition) is 2. The molecule has 1 heterocycles. The Hall–Kier alpha value is -3.15. The Morgan fingerprint density at radius 1 is 1.20 bits per heavy atom. The van der Waals surface area contributed by atoms with Crippen molar-refractivity contribution in [1.29, 1.82) is 0 Å². The van der Waals surface area contributed by atoms with Crippen LogP contribution in [0.15, 0.2) is 30.3 Å². The van der Waals surface area contributed by atoms with Crippen molar-refractivity contribution in [3.8, 4) is 11.5 Å². The molecule has 0 saturated heterocycles. The van der Waals surface area contributed by atoms with E-state index in [0.717, 1.165) is 17.4 Å². The van der Waals surface area contributed by atoms with Crippen molar-refractivity contribution in [3.05, 3.63) is 58.4 Å². The second-order valence-electron chi connectivity index (χ2n) is 5.46. The van der Waals surface area contributed by atoms with Crippen molar-refractivity contribution >= 4 is 18.3 Å². The van der Waals surface area contributed by atoms with E-state index in [1.165, 1.54) is 6.08 Å². The molecule has 2 N–H and O–H groups in total. The lowest BCUT2D eigenvalue weighted by atomic mass is 9.99. The molecule has 1 aromatic heterocycles. The fraction of sp³-hybridized carbons (Fsp3) is 0.211. The molecule has 0 atom stereocenters. The number of benzene rings is 1. The Labute approximate surface area is 145 Å². The normalized spacial score (nSPS) is 10.8. The SMILES string of the molecule is COc1ccc(CCc2nc(C)c(O)c(C=O)c2C=CC(=O)O)cc1. The van der Waals surface area contributed by atoms with E-state index >= 15 is 0 Å². The van der Waals surface area contributed by atoms with E-state index in [1.807, 2.05) is 24.3 Å². The molecule has 130 valence electrons. The lowest BCUT2D eigenvalue weighted by Gasteiger charge is -2.12. The summed E-state index contributed by atoms with van der Waals surface area (Å²) in [5, 5.41) is 18.9. The van der Waals surface area contributed by atoms with Gasteiger partial charge < -0.3 is 14.9 Å². The Morgan fingerprint density at radius 3 is 2.44 bits per heavy atom. The lowest BCUT2D eigenvalue weighted by molar-refractivity contribution is -0.131. The molecule has 0 fully saturated rings. The first-order chi connectivity index (χ1) is 12.0. The number of aryl methyl sites for hydroxylation is 3. The summed E-state index contributed by atoms with van der Waals surface area (Å²) >= 11 is 0. The van der Waals surface area contributed by atoms with E-state index in [1.54, 1.807) is 14.0 Å². The number of ether oxygens (including phenoxy) is 1. The molecule has 0 aliphatic carbocycles. The van der Waals surface area contributed by atoms with Gasteiger partial charge in [0.25, 0.3) is 0 Å². The highest BCUT2D eigenvalue weighted by Crippen LogP contribution is 2.27. The third kappa shape index (κ3) is 4.44. The monoisotopic (exact) mass is 341 g/mol. The van der Waals surface area contributed by atoms with Gasteiger partial charge in [0.05, 0.1) is 18.4 Å². The van der Waals surface area contributed by atoms with Gasteiger partial charge in [0, 0.05) is 17.3 Å². The number of carboxylic acids is 1. The maximum Gasteiger partial charge on any atom is 0.328 e. The number of carbonyl (C=O) groups is 2. The summed E-state index contributed by atoms with van der Waals surface area (Å²) in [6.07, 6.45) is 3.88. The number of carbonyl (C=O) groups excluding carboxylic acids is 1. The molecule has 2 aromatic rings. The van der Waals surface area contributed by atoms with Gasteiger partial charge in [0.2, 0.25) is 0 Å². The highest BCUT2D eigenvalue weighted by atomic mass is 16.5. The first-order valence-corrected chi connectivity index (χ1v) is 7.67. The standard InChI is InChI=1S/C19H19NO5/c1-12-19(24)16(11-21)15(8-10-18(22)23)17(20-12)9-5-13-3-6-14(25-2)7-4-13/h3-4,6-8,10-11,24H,5,9H2,1-2H3,(H,22,23). The summed E-state index contributed by atoms with van der Waals surface area (Å²) in [5.74, 6) is -0.609. The molecule has 25 heavy (non-hydrogen) atoms. The molecule has 6 nitrogen and oxygen atoms in total. The van der Waals surface area contributed by atoms with Crippen molar-refractivity contribution in [1.82, 2.24) is 4.98 Å². The van der Waals surface area contributed by atoms with E-state index < -0.39 is 5.97 Å². The van der Waals surface area contributed by atoms with Gasteiger partial charge in [-0.3, -0.25) is 9.78 Å². The molecule has 0 radical (unpaired) electrons. The van der Waals surface area contributed by atoms with Crippen LogP contribution in [0.4, 0.5) is 0 Å². The van der Waals surface area contributed by atoms with Crippen LogP contribution < -0.4 is 4.74 Å². The average molecular weight is 341 g/mol. The highest BCUT2D eigenvalue weighted by molar-refractivity contribution is 5.91. The zero-order valence-electron chi connectivity index (χ0n) is 14.0. The average Bonchev–Trinajstić information content (AvgIpc) is 2.61. The van der Waals surface area contributed by atoms with Gasteiger partial charge >= 0.3 is 5.97 Å². The summed E-state index contributed by atoms with van der Waals surface area (Å²) in [6.45, 7) is 1.60. The minimum atomic E-state index is -1.14. The van der Waals surface area contributed by atoms with Crippen LogP contribution in [0, 0.1) is 6.92 Å². The Bertz CT molecular complexity index is 810. The third-order valence-electron chi connectivity index (χ3n) is 3.82. The maximum absolute atomic E-state index is 11.4. The number of aromatic hydroxyl groups is 1. The molecule has 1 aromatic carbocycles. The Morgan fingerprint density at radius 2 is 1.88 bits per heavy atom. The van der Waals surface area contributed by atoms with Gasteiger partial charge in [0.1, 0.15) is 11.5 Å². The smallest absolute Gasteiger partial charge is 0.328 e. The molecule has 0 saturated carbocycles.